The van der Waals surface area contributed by atoms with Crippen LogP contribution < -0.4 is 10.1 Å². The number of halogens is 1. The Morgan fingerprint density at radius 2 is 2.11 bits per heavy atom. The lowest BCUT2D eigenvalue weighted by molar-refractivity contribution is -0.115. The molecule has 1 saturated carbocycles. The summed E-state index contributed by atoms with van der Waals surface area (Å²) in [6, 6.07) is 3.83. The molecule has 1 unspecified atom stereocenters. The maximum absolute atomic E-state index is 12.7. The summed E-state index contributed by atoms with van der Waals surface area (Å²) in [5.74, 6) is 0.390. The number of hydrogen-bond donors (Lipinski definition) is 1. The zero-order valence-corrected chi connectivity index (χ0v) is 17.3. The molecule has 3 rings (SSSR count). The molecule has 146 valence electrons. The van der Waals surface area contributed by atoms with Gasteiger partial charge in [0.2, 0.25) is 11.1 Å². The minimum atomic E-state index is -0.362. The molecule has 1 N–H and O–H groups in total. The van der Waals surface area contributed by atoms with E-state index >= 15 is 0 Å². The molecule has 9 heteroatoms. The number of nitrogens with one attached hydrogen (secondary N) is 1. The Morgan fingerprint density at radius 3 is 2.81 bits per heavy atom. The predicted octanol–water partition coefficient (Wildman–Crippen LogP) is 4.27. The third kappa shape index (κ3) is 4.73. The molecule has 1 aromatic heterocycles. The number of methoxy groups -OCH3 is 1. The van der Waals surface area contributed by atoms with Crippen molar-refractivity contribution in [2.24, 2.45) is 0 Å². The lowest BCUT2D eigenvalue weighted by atomic mass is 9.96. The molecule has 0 bridgehead atoms. The summed E-state index contributed by atoms with van der Waals surface area (Å²) in [5, 5.41) is 15.9. The standard InChI is InChI=1S/C18H24ClN5O2S/c1-11-9-15(16(26-3)10-14(11)19)20-17(25)12(2)27-18-21-22-23-24(18)13-7-5-4-6-8-13/h9-10,12-13H,4-8H2,1-3H3,(H,20,25). The molecule has 1 aromatic carbocycles. The maximum atomic E-state index is 12.7. The highest BCUT2D eigenvalue weighted by Crippen LogP contribution is 2.33. The number of nitrogens with zero attached hydrogens (tertiary/aromatic N) is 4. The van der Waals surface area contributed by atoms with Crippen LogP contribution in [0, 0.1) is 6.92 Å². The highest BCUT2D eigenvalue weighted by molar-refractivity contribution is 8.00. The van der Waals surface area contributed by atoms with E-state index in [1.54, 1.807) is 13.2 Å². The summed E-state index contributed by atoms with van der Waals surface area (Å²) in [4.78, 5) is 12.7. The fourth-order valence-electron chi connectivity index (χ4n) is 3.19. The number of benzene rings is 1. The molecule has 1 amide bonds. The molecule has 27 heavy (non-hydrogen) atoms. The van der Waals surface area contributed by atoms with E-state index < -0.39 is 0 Å². The van der Waals surface area contributed by atoms with Gasteiger partial charge < -0.3 is 10.1 Å². The van der Waals surface area contributed by atoms with Gasteiger partial charge in [-0.15, -0.1) is 5.10 Å². The second kappa shape index (κ2) is 8.93. The first-order valence-electron chi connectivity index (χ1n) is 9.09. The van der Waals surface area contributed by atoms with Crippen LogP contribution in [-0.2, 0) is 4.79 Å². The Bertz CT molecular complexity index is 807. The van der Waals surface area contributed by atoms with Gasteiger partial charge in [0.1, 0.15) is 5.75 Å². The Morgan fingerprint density at radius 1 is 1.37 bits per heavy atom. The number of aromatic nitrogens is 4. The van der Waals surface area contributed by atoms with Crippen molar-refractivity contribution < 1.29 is 9.53 Å². The van der Waals surface area contributed by atoms with Crippen LogP contribution in [0.15, 0.2) is 17.3 Å². The van der Waals surface area contributed by atoms with E-state index in [0.717, 1.165) is 18.4 Å². The molecule has 1 atom stereocenters. The van der Waals surface area contributed by atoms with Crippen LogP contribution >= 0.6 is 23.4 Å². The topological polar surface area (TPSA) is 81.9 Å². The third-order valence-corrected chi connectivity index (χ3v) is 6.23. The highest BCUT2D eigenvalue weighted by atomic mass is 35.5. The van der Waals surface area contributed by atoms with Crippen LogP contribution in [0.4, 0.5) is 5.69 Å². The van der Waals surface area contributed by atoms with Crippen LogP contribution in [0.1, 0.15) is 50.6 Å². The largest absolute Gasteiger partial charge is 0.495 e. The van der Waals surface area contributed by atoms with Gasteiger partial charge in [0.25, 0.3) is 0 Å². The average Bonchev–Trinajstić information content (AvgIpc) is 3.13. The van der Waals surface area contributed by atoms with Gasteiger partial charge in [0.15, 0.2) is 0 Å². The summed E-state index contributed by atoms with van der Waals surface area (Å²) in [6.45, 7) is 3.73. The van der Waals surface area contributed by atoms with Crippen molar-refractivity contribution in [1.82, 2.24) is 20.2 Å². The van der Waals surface area contributed by atoms with Crippen LogP contribution in [0.2, 0.25) is 5.02 Å². The van der Waals surface area contributed by atoms with Crippen molar-refractivity contribution in [3.05, 3.63) is 22.7 Å². The first kappa shape index (κ1) is 19.9. The van der Waals surface area contributed by atoms with Crippen LogP contribution in [0.5, 0.6) is 5.75 Å². The van der Waals surface area contributed by atoms with E-state index in [1.807, 2.05) is 24.6 Å². The zero-order chi connectivity index (χ0) is 19.4. The van der Waals surface area contributed by atoms with Crippen molar-refractivity contribution >= 4 is 35.0 Å². The van der Waals surface area contributed by atoms with Gasteiger partial charge in [-0.1, -0.05) is 42.6 Å². The summed E-state index contributed by atoms with van der Waals surface area (Å²) >= 11 is 7.49. The summed E-state index contributed by atoms with van der Waals surface area (Å²) < 4.78 is 7.20. The second-order valence-electron chi connectivity index (χ2n) is 6.75. The zero-order valence-electron chi connectivity index (χ0n) is 15.7. The number of rotatable bonds is 6. The lowest BCUT2D eigenvalue weighted by Crippen LogP contribution is -2.24. The van der Waals surface area contributed by atoms with Gasteiger partial charge in [-0.3, -0.25) is 4.79 Å². The molecule has 1 aliphatic rings. The molecule has 1 fully saturated rings. The monoisotopic (exact) mass is 409 g/mol. The molecule has 0 aliphatic heterocycles. The number of carbonyl (C=O) groups excluding carboxylic acids is 1. The molecule has 7 nitrogen and oxygen atoms in total. The van der Waals surface area contributed by atoms with Gasteiger partial charge in [-0.05, 0) is 48.7 Å². The lowest BCUT2D eigenvalue weighted by Gasteiger charge is -2.22. The van der Waals surface area contributed by atoms with Gasteiger partial charge in [-0.25, -0.2) is 4.68 Å². The van der Waals surface area contributed by atoms with E-state index in [2.05, 4.69) is 20.8 Å². The van der Waals surface area contributed by atoms with Crippen molar-refractivity contribution in [2.45, 2.75) is 62.4 Å². The molecular formula is C18H24ClN5O2S. The van der Waals surface area contributed by atoms with Crippen LogP contribution in [0.25, 0.3) is 0 Å². The Hall–Kier alpha value is -1.80. The molecular weight excluding hydrogens is 386 g/mol. The quantitative estimate of drug-likeness (QED) is 0.717. The molecule has 0 spiro atoms. The van der Waals surface area contributed by atoms with E-state index in [1.165, 1.54) is 31.0 Å². The molecule has 1 aliphatic carbocycles. The molecule has 1 heterocycles. The smallest absolute Gasteiger partial charge is 0.237 e. The molecule has 0 radical (unpaired) electrons. The number of ether oxygens (including phenoxy) is 1. The average molecular weight is 410 g/mol. The first-order chi connectivity index (χ1) is 13.0. The molecule has 2 aromatic rings. The summed E-state index contributed by atoms with van der Waals surface area (Å²) in [5.41, 5.74) is 1.47. The van der Waals surface area contributed by atoms with Crippen molar-refractivity contribution in [2.75, 3.05) is 12.4 Å². The fourth-order valence-corrected chi connectivity index (χ4v) is 4.21. The predicted molar refractivity (Wildman–Crippen MR) is 107 cm³/mol. The van der Waals surface area contributed by atoms with Crippen molar-refractivity contribution in [3.8, 4) is 5.75 Å². The van der Waals surface area contributed by atoms with Gasteiger partial charge in [-0.2, -0.15) is 0 Å². The van der Waals surface area contributed by atoms with E-state index in [9.17, 15) is 4.79 Å². The Labute approximate surface area is 168 Å². The Balaban J connectivity index is 1.69. The first-order valence-corrected chi connectivity index (χ1v) is 10.3. The maximum Gasteiger partial charge on any atom is 0.237 e. The summed E-state index contributed by atoms with van der Waals surface area (Å²) in [6.07, 6.45) is 5.82. The van der Waals surface area contributed by atoms with Gasteiger partial charge >= 0.3 is 0 Å². The number of aryl methyl sites for hydroxylation is 1. The number of tetrazole rings is 1. The SMILES string of the molecule is COc1cc(Cl)c(C)cc1NC(=O)C(C)Sc1nnnn1C1CCCCC1. The Kier molecular flexibility index (Phi) is 6.59. The van der Waals surface area contributed by atoms with Crippen molar-refractivity contribution in [1.29, 1.82) is 0 Å². The van der Waals surface area contributed by atoms with Crippen molar-refractivity contribution in [3.63, 3.8) is 0 Å². The number of thioether (sulfide) groups is 1. The van der Waals surface area contributed by atoms with E-state index in [4.69, 9.17) is 16.3 Å². The van der Waals surface area contributed by atoms with E-state index in [-0.39, 0.29) is 11.2 Å². The number of anilines is 1. The van der Waals surface area contributed by atoms with Gasteiger partial charge in [0.05, 0.1) is 24.1 Å². The third-order valence-electron chi connectivity index (χ3n) is 4.77. The van der Waals surface area contributed by atoms with Crippen LogP contribution in [0.3, 0.4) is 0 Å². The minimum Gasteiger partial charge on any atom is -0.495 e. The minimum absolute atomic E-state index is 0.141. The molecule has 0 saturated heterocycles. The number of hydrogen-bond acceptors (Lipinski definition) is 6. The second-order valence-corrected chi connectivity index (χ2v) is 8.46. The fraction of sp³-hybridized carbons (Fsp3) is 0.556. The van der Waals surface area contributed by atoms with E-state index in [0.29, 0.717) is 27.7 Å². The normalized spacial score (nSPS) is 16.1. The number of carbonyl (C=O) groups is 1. The highest BCUT2D eigenvalue weighted by Gasteiger charge is 2.24. The summed E-state index contributed by atoms with van der Waals surface area (Å²) in [7, 11) is 1.55. The number of amides is 1. The van der Waals surface area contributed by atoms with Gasteiger partial charge in [0, 0.05) is 11.1 Å². The van der Waals surface area contributed by atoms with Crippen LogP contribution in [-0.4, -0.2) is 38.5 Å².